The lowest BCUT2D eigenvalue weighted by Gasteiger charge is -2.07. The molecular weight excluding hydrogens is 242 g/mol. The van der Waals surface area contributed by atoms with Crippen LogP contribution in [0, 0.1) is 34.3 Å². The Hall–Kier alpha value is -2.67. The Bertz CT molecular complexity index is 518. The number of rotatable bonds is 4. The molecule has 0 unspecified atom stereocenters. The predicted octanol–water partition coefficient (Wildman–Crippen LogP) is 2.18. The number of hydrogen-bond acceptors (Lipinski definition) is 5. The predicted molar refractivity (Wildman–Crippen MR) is 59.8 cm³/mol. The Kier molecular flexibility index (Phi) is 4.58. The first kappa shape index (κ1) is 13.4. The first-order valence-corrected chi connectivity index (χ1v) is 4.88. The van der Waals surface area contributed by atoms with Crippen LogP contribution in [0.3, 0.4) is 0 Å². The Balaban J connectivity index is 2.98. The van der Waals surface area contributed by atoms with Gasteiger partial charge in [-0.3, -0.25) is 5.43 Å². The van der Waals surface area contributed by atoms with E-state index in [-0.39, 0.29) is 12.3 Å². The van der Waals surface area contributed by atoms with Crippen LogP contribution in [0.15, 0.2) is 17.2 Å². The van der Waals surface area contributed by atoms with Gasteiger partial charge in [-0.25, -0.2) is 8.78 Å². The van der Waals surface area contributed by atoms with E-state index in [9.17, 15) is 8.78 Å². The fourth-order valence-electron chi connectivity index (χ4n) is 1.10. The minimum atomic E-state index is -0.898. The van der Waals surface area contributed by atoms with Gasteiger partial charge in [-0.2, -0.15) is 15.6 Å². The topological polar surface area (TPSA) is 81.2 Å². The van der Waals surface area contributed by atoms with Crippen LogP contribution in [-0.4, -0.2) is 12.3 Å². The van der Waals surface area contributed by atoms with Crippen molar-refractivity contribution in [1.82, 2.24) is 0 Å². The second-order valence-corrected chi connectivity index (χ2v) is 3.00. The van der Waals surface area contributed by atoms with Crippen molar-refractivity contribution in [3.8, 4) is 17.9 Å². The number of nitriles is 2. The van der Waals surface area contributed by atoms with Crippen LogP contribution in [0.5, 0.6) is 5.75 Å². The van der Waals surface area contributed by atoms with E-state index in [0.717, 1.165) is 12.1 Å². The van der Waals surface area contributed by atoms with Crippen molar-refractivity contribution in [2.45, 2.75) is 6.92 Å². The molecule has 18 heavy (non-hydrogen) atoms. The lowest BCUT2D eigenvalue weighted by molar-refractivity contribution is 0.303. The summed E-state index contributed by atoms with van der Waals surface area (Å²) >= 11 is 0. The van der Waals surface area contributed by atoms with Crippen molar-refractivity contribution < 1.29 is 13.5 Å². The summed E-state index contributed by atoms with van der Waals surface area (Å²) in [4.78, 5) is 0. The van der Waals surface area contributed by atoms with E-state index in [2.05, 4.69) is 10.5 Å². The van der Waals surface area contributed by atoms with E-state index in [0.29, 0.717) is 0 Å². The molecule has 0 aliphatic rings. The number of anilines is 1. The zero-order valence-corrected chi connectivity index (χ0v) is 9.37. The maximum absolute atomic E-state index is 13.4. The molecule has 92 valence electrons. The molecule has 1 aromatic carbocycles. The first-order valence-electron chi connectivity index (χ1n) is 4.88. The molecule has 0 aromatic heterocycles. The number of ether oxygens (including phenoxy) is 1. The molecule has 0 amide bonds. The summed E-state index contributed by atoms with van der Waals surface area (Å²) in [6.45, 7) is 1.73. The minimum absolute atomic E-state index is 0.0311. The van der Waals surface area contributed by atoms with Crippen molar-refractivity contribution in [3.05, 3.63) is 23.8 Å². The van der Waals surface area contributed by atoms with Gasteiger partial charge in [0.2, 0.25) is 5.71 Å². The Labute approximate surface area is 102 Å². The quantitative estimate of drug-likeness (QED) is 0.655. The molecule has 1 rings (SSSR count). The molecule has 0 heterocycles. The highest BCUT2D eigenvalue weighted by Crippen LogP contribution is 2.25. The van der Waals surface area contributed by atoms with Gasteiger partial charge in [0.1, 0.15) is 12.1 Å². The van der Waals surface area contributed by atoms with Crippen molar-refractivity contribution in [1.29, 1.82) is 10.5 Å². The van der Waals surface area contributed by atoms with Crippen LogP contribution in [0.25, 0.3) is 0 Å². The molecule has 0 fully saturated rings. The molecule has 1 N–H and O–H groups in total. The van der Waals surface area contributed by atoms with E-state index < -0.39 is 23.1 Å². The summed E-state index contributed by atoms with van der Waals surface area (Å²) in [5.41, 5.74) is 1.72. The highest BCUT2D eigenvalue weighted by Gasteiger charge is 2.12. The summed E-state index contributed by atoms with van der Waals surface area (Å²) in [6.07, 6.45) is 0. The van der Waals surface area contributed by atoms with Gasteiger partial charge in [-0.1, -0.05) is 0 Å². The average Bonchev–Trinajstić information content (AvgIpc) is 2.35. The molecule has 0 saturated carbocycles. The van der Waals surface area contributed by atoms with E-state index in [1.807, 2.05) is 0 Å². The smallest absolute Gasteiger partial charge is 0.237 e. The highest BCUT2D eigenvalue weighted by atomic mass is 19.1. The molecule has 0 atom stereocenters. The standard InChI is InChI=1S/C11H8F2N4O/c1-2-18-11-9(12)3-7(4-10(11)13)16-17-8(5-14)6-15/h3-4,16H,2H2,1H3. The third kappa shape index (κ3) is 3.16. The molecule has 0 bridgehead atoms. The van der Waals surface area contributed by atoms with Gasteiger partial charge in [-0.15, -0.1) is 0 Å². The summed E-state index contributed by atoms with van der Waals surface area (Å²) in [5.74, 6) is -2.28. The number of nitrogens with zero attached hydrogens (tertiary/aromatic N) is 3. The Morgan fingerprint density at radius 2 is 1.89 bits per heavy atom. The van der Waals surface area contributed by atoms with E-state index in [4.69, 9.17) is 15.3 Å². The van der Waals surface area contributed by atoms with Gasteiger partial charge in [0.25, 0.3) is 0 Å². The fourth-order valence-corrected chi connectivity index (χ4v) is 1.10. The highest BCUT2D eigenvalue weighted by molar-refractivity contribution is 6.10. The summed E-state index contributed by atoms with van der Waals surface area (Å²) in [7, 11) is 0. The van der Waals surface area contributed by atoms with Gasteiger partial charge in [0.05, 0.1) is 12.3 Å². The van der Waals surface area contributed by atoms with Crippen LogP contribution < -0.4 is 10.2 Å². The van der Waals surface area contributed by atoms with Crippen LogP contribution >= 0.6 is 0 Å². The maximum atomic E-state index is 13.4. The molecule has 0 aliphatic heterocycles. The monoisotopic (exact) mass is 250 g/mol. The second kappa shape index (κ2) is 6.16. The molecule has 0 aliphatic carbocycles. The van der Waals surface area contributed by atoms with Crippen molar-refractivity contribution in [2.24, 2.45) is 5.10 Å². The maximum Gasteiger partial charge on any atom is 0.237 e. The molecule has 0 spiro atoms. The third-order valence-corrected chi connectivity index (χ3v) is 1.80. The fraction of sp³-hybridized carbons (Fsp3) is 0.182. The minimum Gasteiger partial charge on any atom is -0.488 e. The molecule has 7 heteroatoms. The van der Waals surface area contributed by atoms with Crippen molar-refractivity contribution >= 4 is 11.4 Å². The van der Waals surface area contributed by atoms with Crippen LogP contribution in [0.1, 0.15) is 6.92 Å². The van der Waals surface area contributed by atoms with E-state index in [1.165, 1.54) is 12.1 Å². The molecule has 1 aromatic rings. The lowest BCUT2D eigenvalue weighted by Crippen LogP contribution is -2.01. The van der Waals surface area contributed by atoms with Crippen LogP contribution in [0.4, 0.5) is 14.5 Å². The number of hydrogen-bond donors (Lipinski definition) is 1. The average molecular weight is 250 g/mol. The Morgan fingerprint density at radius 3 is 2.33 bits per heavy atom. The van der Waals surface area contributed by atoms with Gasteiger partial charge in [0.15, 0.2) is 17.4 Å². The number of benzene rings is 1. The normalized spacial score (nSPS) is 8.94. The van der Waals surface area contributed by atoms with Crippen molar-refractivity contribution in [2.75, 3.05) is 12.0 Å². The summed E-state index contributed by atoms with van der Waals surface area (Å²) in [6, 6.07) is 4.89. The lowest BCUT2D eigenvalue weighted by atomic mass is 10.3. The number of hydrazone groups is 1. The third-order valence-electron chi connectivity index (χ3n) is 1.80. The molecule has 0 radical (unpaired) electrons. The summed E-state index contributed by atoms with van der Waals surface area (Å²) in [5, 5.41) is 20.2. The van der Waals surface area contributed by atoms with Gasteiger partial charge in [-0.05, 0) is 6.92 Å². The van der Waals surface area contributed by atoms with Gasteiger partial charge >= 0.3 is 0 Å². The summed E-state index contributed by atoms with van der Waals surface area (Å²) < 4.78 is 31.6. The van der Waals surface area contributed by atoms with Gasteiger partial charge < -0.3 is 4.74 Å². The van der Waals surface area contributed by atoms with E-state index in [1.54, 1.807) is 6.92 Å². The molecule has 0 saturated heterocycles. The SMILES string of the molecule is CCOc1c(F)cc(NN=C(C#N)C#N)cc1F. The number of nitrogens with one attached hydrogen (secondary N) is 1. The second-order valence-electron chi connectivity index (χ2n) is 3.00. The largest absolute Gasteiger partial charge is 0.488 e. The van der Waals surface area contributed by atoms with Crippen LogP contribution in [-0.2, 0) is 0 Å². The first-order chi connectivity index (χ1) is 8.62. The molecular formula is C11H8F2N4O. The molecule has 5 nitrogen and oxygen atoms in total. The number of halogens is 2. The van der Waals surface area contributed by atoms with Crippen molar-refractivity contribution in [3.63, 3.8) is 0 Å². The van der Waals surface area contributed by atoms with E-state index >= 15 is 0 Å². The van der Waals surface area contributed by atoms with Gasteiger partial charge in [0, 0.05) is 12.1 Å². The Morgan fingerprint density at radius 1 is 1.33 bits per heavy atom. The van der Waals surface area contributed by atoms with Crippen LogP contribution in [0.2, 0.25) is 0 Å². The zero-order chi connectivity index (χ0) is 13.5. The zero-order valence-electron chi connectivity index (χ0n) is 9.37.